The maximum atomic E-state index is 12.8. The number of rotatable bonds is 7. The minimum atomic E-state index is -0.428. The molecule has 8 nitrogen and oxygen atoms in total. The lowest BCUT2D eigenvalue weighted by molar-refractivity contribution is 0.0525. The van der Waals surface area contributed by atoms with Crippen LogP contribution < -0.4 is 10.9 Å². The predicted molar refractivity (Wildman–Crippen MR) is 133 cm³/mol. The molecule has 1 amide bonds. The summed E-state index contributed by atoms with van der Waals surface area (Å²) in [5.41, 5.74) is 3.23. The molecule has 0 atom stereocenters. The highest BCUT2D eigenvalue weighted by Crippen LogP contribution is 2.18. The van der Waals surface area contributed by atoms with Gasteiger partial charge in [-0.15, -0.1) is 0 Å². The molecular formula is C26H23ClN4O4. The monoisotopic (exact) mass is 490 g/mol. The number of amides is 1. The van der Waals surface area contributed by atoms with Crippen LogP contribution in [0, 0.1) is 6.92 Å². The molecule has 0 aliphatic carbocycles. The number of hydrogen-bond donors (Lipinski definition) is 1. The summed E-state index contributed by atoms with van der Waals surface area (Å²) in [6.45, 7) is 4.09. The second kappa shape index (κ2) is 10.4. The molecule has 0 radical (unpaired) electrons. The highest BCUT2D eigenvalue weighted by Gasteiger charge is 2.16. The number of ether oxygens (including phenoxy) is 1. The van der Waals surface area contributed by atoms with Crippen LogP contribution in [-0.2, 0) is 11.3 Å². The first-order valence-corrected chi connectivity index (χ1v) is 11.3. The molecule has 0 bridgehead atoms. The molecule has 0 spiro atoms. The third-order valence-corrected chi connectivity index (χ3v) is 5.79. The van der Waals surface area contributed by atoms with E-state index in [1.807, 2.05) is 18.2 Å². The van der Waals surface area contributed by atoms with Crippen LogP contribution in [0.25, 0.3) is 5.69 Å². The average molecular weight is 491 g/mol. The van der Waals surface area contributed by atoms with Gasteiger partial charge in [0.25, 0.3) is 11.5 Å². The molecule has 1 N–H and O–H groups in total. The van der Waals surface area contributed by atoms with Gasteiger partial charge in [-0.2, -0.15) is 5.10 Å². The maximum absolute atomic E-state index is 12.8. The van der Waals surface area contributed by atoms with Gasteiger partial charge in [0.15, 0.2) is 0 Å². The summed E-state index contributed by atoms with van der Waals surface area (Å²) in [7, 11) is 0. The molecule has 0 aliphatic rings. The number of benzene rings is 2. The molecule has 4 aromatic rings. The van der Waals surface area contributed by atoms with Gasteiger partial charge >= 0.3 is 5.97 Å². The summed E-state index contributed by atoms with van der Waals surface area (Å²) in [6.07, 6.45) is 3.05. The molecule has 4 rings (SSSR count). The zero-order valence-electron chi connectivity index (χ0n) is 19.2. The van der Waals surface area contributed by atoms with Crippen LogP contribution >= 0.6 is 11.6 Å². The number of nitrogens with one attached hydrogen (secondary N) is 1. The van der Waals surface area contributed by atoms with Gasteiger partial charge < -0.3 is 14.6 Å². The van der Waals surface area contributed by atoms with Crippen molar-refractivity contribution in [3.8, 4) is 5.69 Å². The van der Waals surface area contributed by atoms with E-state index in [2.05, 4.69) is 10.4 Å². The van der Waals surface area contributed by atoms with Crippen LogP contribution in [0.4, 0.5) is 5.69 Å². The first-order chi connectivity index (χ1) is 16.9. The van der Waals surface area contributed by atoms with Crippen molar-refractivity contribution in [1.82, 2.24) is 14.3 Å². The number of hydrogen-bond acceptors (Lipinski definition) is 5. The highest BCUT2D eigenvalue weighted by atomic mass is 35.5. The molecule has 0 fully saturated rings. The Morgan fingerprint density at radius 1 is 1.06 bits per heavy atom. The lowest BCUT2D eigenvalue weighted by Crippen LogP contribution is -2.21. The number of esters is 1. The lowest BCUT2D eigenvalue weighted by Gasteiger charge is -2.11. The number of carbonyl (C=O) groups excluding carboxylic acids is 2. The van der Waals surface area contributed by atoms with E-state index in [0.717, 1.165) is 5.56 Å². The Hall–Kier alpha value is -4.17. The fraction of sp³-hybridized carbons (Fsp3) is 0.154. The lowest BCUT2D eigenvalue weighted by atomic mass is 10.2. The Morgan fingerprint density at radius 2 is 1.80 bits per heavy atom. The predicted octanol–water partition coefficient (Wildman–Crippen LogP) is 4.47. The molecule has 2 aromatic carbocycles. The van der Waals surface area contributed by atoms with Crippen molar-refractivity contribution >= 4 is 29.2 Å². The highest BCUT2D eigenvalue weighted by molar-refractivity contribution is 6.31. The van der Waals surface area contributed by atoms with Gasteiger partial charge in [0.1, 0.15) is 5.56 Å². The fourth-order valence-corrected chi connectivity index (χ4v) is 3.77. The normalized spacial score (nSPS) is 10.7. The number of aromatic nitrogens is 3. The Labute approximate surface area is 206 Å². The Morgan fingerprint density at radius 3 is 2.51 bits per heavy atom. The molecular weight excluding hydrogens is 468 g/mol. The Bertz CT molecular complexity index is 1440. The zero-order chi connectivity index (χ0) is 24.9. The van der Waals surface area contributed by atoms with Gasteiger partial charge in [-0.25, -0.2) is 9.48 Å². The quantitative estimate of drug-likeness (QED) is 0.385. The maximum Gasteiger partial charge on any atom is 0.341 e. The van der Waals surface area contributed by atoms with Crippen LogP contribution in [-0.4, -0.2) is 32.8 Å². The summed E-state index contributed by atoms with van der Waals surface area (Å²) in [4.78, 5) is 37.1. The van der Waals surface area contributed by atoms with Crippen LogP contribution in [0.15, 0.2) is 77.9 Å². The Kier molecular flexibility index (Phi) is 7.12. The topological polar surface area (TPSA) is 95.2 Å². The molecule has 35 heavy (non-hydrogen) atoms. The standard InChI is InChI=1S/C26H23ClN4O4/c1-3-35-26(34)22-14-28-31(17(22)2)21-11-8-18(9-12-21)25(33)29-20-10-13-24(32)30(16-20)15-19-6-4-5-7-23(19)27/h4-14,16H,3,15H2,1-2H3,(H,29,33). The molecule has 9 heteroatoms. The number of anilines is 1. The van der Waals surface area contributed by atoms with Crippen molar-refractivity contribution in [2.45, 2.75) is 20.4 Å². The van der Waals surface area contributed by atoms with Crippen molar-refractivity contribution in [3.63, 3.8) is 0 Å². The van der Waals surface area contributed by atoms with Crippen LogP contribution in [0.1, 0.15) is 38.9 Å². The minimum absolute atomic E-state index is 0.205. The van der Waals surface area contributed by atoms with E-state index in [-0.39, 0.29) is 24.6 Å². The molecule has 2 heterocycles. The summed E-state index contributed by atoms with van der Waals surface area (Å²) < 4.78 is 8.14. The first kappa shape index (κ1) is 24.0. The average Bonchev–Trinajstić information content (AvgIpc) is 3.24. The van der Waals surface area contributed by atoms with Gasteiger partial charge in [-0.05, 0) is 55.8 Å². The molecule has 0 saturated heterocycles. The van der Waals surface area contributed by atoms with Gasteiger partial charge in [0.05, 0.1) is 36.4 Å². The van der Waals surface area contributed by atoms with Gasteiger partial charge in [0, 0.05) is 22.8 Å². The fourth-order valence-electron chi connectivity index (χ4n) is 3.58. The Balaban J connectivity index is 1.49. The van der Waals surface area contributed by atoms with Crippen LogP contribution in [0.2, 0.25) is 5.02 Å². The molecule has 0 unspecified atom stereocenters. The summed E-state index contributed by atoms with van der Waals surface area (Å²) in [5.74, 6) is -0.757. The van der Waals surface area contributed by atoms with E-state index in [9.17, 15) is 14.4 Å². The SMILES string of the molecule is CCOC(=O)c1cnn(-c2ccc(C(=O)Nc3ccc(=O)n(Cc4ccccc4Cl)c3)cc2)c1C. The number of carbonyl (C=O) groups is 2. The van der Waals surface area contributed by atoms with E-state index in [1.54, 1.807) is 61.1 Å². The number of halogens is 1. The molecule has 0 saturated carbocycles. The van der Waals surface area contributed by atoms with Crippen LogP contribution in [0.5, 0.6) is 0 Å². The molecule has 0 aliphatic heterocycles. The third kappa shape index (κ3) is 5.33. The van der Waals surface area contributed by atoms with Gasteiger partial charge in [-0.1, -0.05) is 29.8 Å². The second-order valence-corrected chi connectivity index (χ2v) is 8.16. The zero-order valence-corrected chi connectivity index (χ0v) is 20.0. The second-order valence-electron chi connectivity index (χ2n) is 7.75. The van der Waals surface area contributed by atoms with E-state index < -0.39 is 5.97 Å². The summed E-state index contributed by atoms with van der Waals surface area (Å²) >= 11 is 6.21. The number of pyridine rings is 1. The molecule has 178 valence electrons. The van der Waals surface area contributed by atoms with Crippen molar-refractivity contribution in [3.05, 3.63) is 111 Å². The minimum Gasteiger partial charge on any atom is -0.462 e. The van der Waals surface area contributed by atoms with Crippen molar-refractivity contribution in [2.75, 3.05) is 11.9 Å². The third-order valence-electron chi connectivity index (χ3n) is 5.42. The largest absolute Gasteiger partial charge is 0.462 e. The van der Waals surface area contributed by atoms with E-state index in [0.29, 0.717) is 33.2 Å². The number of nitrogens with zero attached hydrogens (tertiary/aromatic N) is 3. The summed E-state index contributed by atoms with van der Waals surface area (Å²) in [6, 6.07) is 17.0. The van der Waals surface area contributed by atoms with E-state index in [4.69, 9.17) is 16.3 Å². The molecule has 2 aromatic heterocycles. The van der Waals surface area contributed by atoms with Crippen LogP contribution in [0.3, 0.4) is 0 Å². The summed E-state index contributed by atoms with van der Waals surface area (Å²) in [5, 5.41) is 7.64. The van der Waals surface area contributed by atoms with Crippen molar-refractivity contribution in [2.24, 2.45) is 0 Å². The van der Waals surface area contributed by atoms with E-state index >= 15 is 0 Å². The van der Waals surface area contributed by atoms with Gasteiger partial charge in [0.2, 0.25) is 0 Å². The smallest absolute Gasteiger partial charge is 0.341 e. The van der Waals surface area contributed by atoms with Crippen molar-refractivity contribution in [1.29, 1.82) is 0 Å². The first-order valence-electron chi connectivity index (χ1n) is 10.9. The van der Waals surface area contributed by atoms with E-state index in [1.165, 1.54) is 16.8 Å². The van der Waals surface area contributed by atoms with Crippen molar-refractivity contribution < 1.29 is 14.3 Å². The van der Waals surface area contributed by atoms with Gasteiger partial charge in [-0.3, -0.25) is 9.59 Å².